The summed E-state index contributed by atoms with van der Waals surface area (Å²) in [5.41, 5.74) is 2.30. The van der Waals surface area contributed by atoms with Gasteiger partial charge in [-0.2, -0.15) is 0 Å². The normalized spacial score (nSPS) is 30.7. The summed E-state index contributed by atoms with van der Waals surface area (Å²) in [4.78, 5) is 39.3. The van der Waals surface area contributed by atoms with Crippen LogP contribution in [-0.4, -0.2) is 29.7 Å². The van der Waals surface area contributed by atoms with Crippen molar-refractivity contribution in [2.75, 3.05) is 7.05 Å². The summed E-state index contributed by atoms with van der Waals surface area (Å²) in [6.07, 6.45) is 0. The molecular weight excluding hydrogens is 330 g/mol. The van der Waals surface area contributed by atoms with E-state index >= 15 is 0 Å². The van der Waals surface area contributed by atoms with Gasteiger partial charge in [-0.1, -0.05) is 48.5 Å². The summed E-state index contributed by atoms with van der Waals surface area (Å²) in [7, 11) is 1.51. The summed E-state index contributed by atoms with van der Waals surface area (Å²) < 4.78 is 5.96. The first kappa shape index (κ1) is 15.3. The number of imide groups is 1. The predicted octanol–water partition coefficient (Wildman–Crippen LogP) is 2.18. The van der Waals surface area contributed by atoms with Crippen LogP contribution < -0.4 is 0 Å². The molecular formula is C21H17NO4. The van der Waals surface area contributed by atoms with E-state index in [2.05, 4.69) is 0 Å². The van der Waals surface area contributed by atoms with Gasteiger partial charge < -0.3 is 4.74 Å². The monoisotopic (exact) mass is 347 g/mol. The number of carbonyl (C=O) groups excluding carboxylic acids is 3. The van der Waals surface area contributed by atoms with Crippen molar-refractivity contribution in [1.82, 2.24) is 4.90 Å². The van der Waals surface area contributed by atoms with Gasteiger partial charge >= 0.3 is 5.97 Å². The van der Waals surface area contributed by atoms with Crippen molar-refractivity contribution in [3.8, 4) is 0 Å². The average Bonchev–Trinajstić information content (AvgIpc) is 2.87. The minimum atomic E-state index is -1.25. The van der Waals surface area contributed by atoms with Crippen LogP contribution in [0.3, 0.4) is 0 Å². The maximum Gasteiger partial charge on any atom is 0.303 e. The molecule has 0 aromatic heterocycles. The SMILES string of the molecule is CC(=O)OC12c3ccccc3C(c3ccccc31)[C@@H]1C(=O)N(C)C(=O)[C@H]12. The molecule has 1 heterocycles. The van der Waals surface area contributed by atoms with Crippen LogP contribution in [0.25, 0.3) is 0 Å². The van der Waals surface area contributed by atoms with Gasteiger partial charge in [-0.05, 0) is 11.1 Å². The van der Waals surface area contributed by atoms with E-state index in [0.29, 0.717) is 0 Å². The van der Waals surface area contributed by atoms with Crippen molar-refractivity contribution in [2.24, 2.45) is 11.8 Å². The first-order valence-corrected chi connectivity index (χ1v) is 8.68. The van der Waals surface area contributed by atoms with Gasteiger partial charge in [-0.25, -0.2) is 0 Å². The highest BCUT2D eigenvalue weighted by Crippen LogP contribution is 2.64. The van der Waals surface area contributed by atoms with Gasteiger partial charge in [0.25, 0.3) is 0 Å². The smallest absolute Gasteiger partial charge is 0.303 e. The molecule has 0 saturated carbocycles. The number of benzene rings is 2. The lowest BCUT2D eigenvalue weighted by molar-refractivity contribution is -0.167. The molecule has 2 aromatic carbocycles. The molecule has 2 amide bonds. The van der Waals surface area contributed by atoms with E-state index in [4.69, 9.17) is 4.74 Å². The van der Waals surface area contributed by atoms with Gasteiger partial charge in [0.1, 0.15) is 0 Å². The minimum absolute atomic E-state index is 0.203. The van der Waals surface area contributed by atoms with E-state index < -0.39 is 23.4 Å². The van der Waals surface area contributed by atoms with Gasteiger partial charge in [0.05, 0.1) is 11.8 Å². The Kier molecular flexibility index (Phi) is 2.84. The maximum atomic E-state index is 13.1. The number of esters is 1. The molecule has 1 saturated heterocycles. The third-order valence-electron chi connectivity index (χ3n) is 6.07. The van der Waals surface area contributed by atoms with E-state index in [0.717, 1.165) is 22.3 Å². The zero-order valence-electron chi connectivity index (χ0n) is 14.4. The molecule has 2 bridgehead atoms. The topological polar surface area (TPSA) is 63.7 Å². The molecule has 5 nitrogen and oxygen atoms in total. The van der Waals surface area contributed by atoms with Crippen LogP contribution in [0.15, 0.2) is 48.5 Å². The minimum Gasteiger partial charge on any atom is -0.448 e. The van der Waals surface area contributed by atoms with Gasteiger partial charge in [0.2, 0.25) is 11.8 Å². The zero-order valence-corrected chi connectivity index (χ0v) is 14.4. The van der Waals surface area contributed by atoms with Gasteiger partial charge in [0, 0.05) is 31.0 Å². The molecule has 0 N–H and O–H groups in total. The van der Waals surface area contributed by atoms with Crippen molar-refractivity contribution in [3.05, 3.63) is 70.8 Å². The molecule has 0 radical (unpaired) electrons. The Morgan fingerprint density at radius 1 is 0.962 bits per heavy atom. The number of amides is 2. The molecule has 130 valence electrons. The van der Waals surface area contributed by atoms with Crippen LogP contribution in [0.2, 0.25) is 0 Å². The van der Waals surface area contributed by atoms with Crippen molar-refractivity contribution in [3.63, 3.8) is 0 Å². The summed E-state index contributed by atoms with van der Waals surface area (Å²) >= 11 is 0. The molecule has 2 aromatic rings. The summed E-state index contributed by atoms with van der Waals surface area (Å²) in [5.74, 6) is -2.43. The van der Waals surface area contributed by atoms with Crippen LogP contribution >= 0.6 is 0 Å². The highest BCUT2D eigenvalue weighted by molar-refractivity contribution is 6.08. The van der Waals surface area contributed by atoms with E-state index in [1.54, 1.807) is 0 Å². The number of hydrogen-bond acceptors (Lipinski definition) is 4. The molecule has 1 aliphatic heterocycles. The second-order valence-electron chi connectivity index (χ2n) is 7.22. The number of carbonyl (C=O) groups is 3. The number of ether oxygens (including phenoxy) is 1. The Hall–Kier alpha value is -2.95. The molecule has 0 unspecified atom stereocenters. The zero-order chi connectivity index (χ0) is 18.2. The van der Waals surface area contributed by atoms with Crippen LogP contribution in [0.5, 0.6) is 0 Å². The molecule has 5 heteroatoms. The van der Waals surface area contributed by atoms with Crippen molar-refractivity contribution < 1.29 is 19.1 Å². The Morgan fingerprint density at radius 3 is 2.04 bits per heavy atom. The molecule has 3 aliphatic carbocycles. The van der Waals surface area contributed by atoms with E-state index in [1.165, 1.54) is 18.9 Å². The van der Waals surface area contributed by atoms with E-state index in [-0.39, 0.29) is 17.7 Å². The first-order valence-electron chi connectivity index (χ1n) is 8.68. The molecule has 0 spiro atoms. The second kappa shape index (κ2) is 4.81. The summed E-state index contributed by atoms with van der Waals surface area (Å²) in [6, 6.07) is 15.4. The Bertz CT molecular complexity index is 948. The van der Waals surface area contributed by atoms with Crippen LogP contribution in [0.1, 0.15) is 35.1 Å². The number of hydrogen-bond donors (Lipinski definition) is 0. The first-order chi connectivity index (χ1) is 12.5. The highest BCUT2D eigenvalue weighted by Gasteiger charge is 2.69. The quantitative estimate of drug-likeness (QED) is 0.586. The largest absolute Gasteiger partial charge is 0.448 e. The van der Waals surface area contributed by atoms with E-state index in [1.807, 2.05) is 48.5 Å². The molecule has 1 fully saturated rings. The summed E-state index contributed by atoms with van der Waals surface area (Å²) in [6.45, 7) is 1.35. The molecule has 6 rings (SSSR count). The van der Waals surface area contributed by atoms with Crippen LogP contribution in [-0.2, 0) is 24.7 Å². The third-order valence-corrected chi connectivity index (χ3v) is 6.07. The number of rotatable bonds is 1. The fraction of sp³-hybridized carbons (Fsp3) is 0.286. The molecule has 26 heavy (non-hydrogen) atoms. The predicted molar refractivity (Wildman–Crippen MR) is 92.0 cm³/mol. The van der Waals surface area contributed by atoms with Crippen molar-refractivity contribution in [2.45, 2.75) is 18.4 Å². The Morgan fingerprint density at radius 2 is 1.50 bits per heavy atom. The highest BCUT2D eigenvalue weighted by atomic mass is 16.6. The number of likely N-dealkylation sites (tertiary alicyclic amines) is 1. The average molecular weight is 347 g/mol. The van der Waals surface area contributed by atoms with Crippen molar-refractivity contribution >= 4 is 17.8 Å². The lowest BCUT2D eigenvalue weighted by atomic mass is 9.52. The standard InChI is InChI=1S/C21H17NO4/c1-11(23)26-21-14-9-5-3-7-12(14)16(13-8-4-6-10-15(13)21)17-18(21)20(25)22(2)19(17)24/h3-10,16-18H,1-2H3/t16?,17-,18-,21?/m0/s1. The Labute approximate surface area is 150 Å². The fourth-order valence-electron chi connectivity index (χ4n) is 5.25. The number of nitrogens with zero attached hydrogens (tertiary/aromatic N) is 1. The van der Waals surface area contributed by atoms with Gasteiger partial charge in [-0.3, -0.25) is 19.3 Å². The maximum absolute atomic E-state index is 13.1. The fourth-order valence-corrected chi connectivity index (χ4v) is 5.25. The van der Waals surface area contributed by atoms with Crippen LogP contribution in [0, 0.1) is 11.8 Å². The summed E-state index contributed by atoms with van der Waals surface area (Å²) in [5, 5.41) is 0. The van der Waals surface area contributed by atoms with E-state index in [9.17, 15) is 14.4 Å². The van der Waals surface area contributed by atoms with Gasteiger partial charge in [-0.15, -0.1) is 0 Å². The Balaban J connectivity index is 1.93. The molecule has 4 aliphatic rings. The molecule has 2 atom stereocenters. The second-order valence-corrected chi connectivity index (χ2v) is 7.22. The van der Waals surface area contributed by atoms with Crippen molar-refractivity contribution in [1.29, 1.82) is 0 Å². The third kappa shape index (κ3) is 1.54. The van der Waals surface area contributed by atoms with Gasteiger partial charge in [0.15, 0.2) is 5.60 Å². The lowest BCUT2D eigenvalue weighted by Crippen LogP contribution is -2.55. The van der Waals surface area contributed by atoms with Crippen LogP contribution in [0.4, 0.5) is 0 Å². The lowest BCUT2D eigenvalue weighted by Gasteiger charge is -2.52.